The molecule has 0 bridgehead atoms. The van der Waals surface area contributed by atoms with Gasteiger partial charge in [0.1, 0.15) is 6.29 Å². The van der Waals surface area contributed by atoms with Gasteiger partial charge < -0.3 is 9.69 Å². The largest absolute Gasteiger partial charge is 0.471 e. The SMILES string of the molecule is COP(=O)(O)OCCCCCC=O. The number of phosphoric acid groups is 1. The third kappa shape index (κ3) is 8.12. The van der Waals surface area contributed by atoms with E-state index in [-0.39, 0.29) is 6.61 Å². The molecule has 6 heteroatoms. The van der Waals surface area contributed by atoms with Gasteiger partial charge in [-0.3, -0.25) is 9.05 Å². The molecular formula is C7H15O5P. The smallest absolute Gasteiger partial charge is 0.303 e. The van der Waals surface area contributed by atoms with E-state index in [4.69, 9.17) is 4.89 Å². The molecule has 0 aliphatic heterocycles. The van der Waals surface area contributed by atoms with Gasteiger partial charge >= 0.3 is 7.82 Å². The summed E-state index contributed by atoms with van der Waals surface area (Å²) in [6.07, 6.45) is 3.63. The highest BCUT2D eigenvalue weighted by atomic mass is 31.2. The summed E-state index contributed by atoms with van der Waals surface area (Å²) in [4.78, 5) is 18.7. The lowest BCUT2D eigenvalue weighted by atomic mass is 10.2. The van der Waals surface area contributed by atoms with Crippen molar-refractivity contribution in [3.05, 3.63) is 0 Å². The van der Waals surface area contributed by atoms with Crippen LogP contribution in [-0.4, -0.2) is 24.9 Å². The summed E-state index contributed by atoms with van der Waals surface area (Å²) in [7, 11) is -2.68. The van der Waals surface area contributed by atoms with E-state index >= 15 is 0 Å². The van der Waals surface area contributed by atoms with Gasteiger partial charge in [-0.1, -0.05) is 6.42 Å². The van der Waals surface area contributed by atoms with Crippen LogP contribution >= 0.6 is 7.82 Å². The molecular weight excluding hydrogens is 195 g/mol. The summed E-state index contributed by atoms with van der Waals surface area (Å²) < 4.78 is 19.5. The first-order valence-electron chi connectivity index (χ1n) is 4.09. The third-order valence-electron chi connectivity index (χ3n) is 1.45. The number of unbranched alkanes of at least 4 members (excludes halogenated alkanes) is 3. The zero-order chi connectivity index (χ0) is 10.2. The Morgan fingerprint density at radius 1 is 1.38 bits per heavy atom. The van der Waals surface area contributed by atoms with Crippen LogP contribution in [0, 0.1) is 0 Å². The topological polar surface area (TPSA) is 72.8 Å². The number of hydrogen-bond donors (Lipinski definition) is 1. The minimum absolute atomic E-state index is 0.181. The van der Waals surface area contributed by atoms with E-state index in [9.17, 15) is 9.36 Å². The fraction of sp³-hybridized carbons (Fsp3) is 0.857. The molecule has 1 unspecified atom stereocenters. The van der Waals surface area contributed by atoms with Crippen LogP contribution in [0.4, 0.5) is 0 Å². The lowest BCUT2D eigenvalue weighted by Crippen LogP contribution is -1.94. The predicted octanol–water partition coefficient (Wildman–Crippen LogP) is 1.51. The first-order valence-corrected chi connectivity index (χ1v) is 5.58. The molecule has 5 nitrogen and oxygen atoms in total. The standard InChI is InChI=1S/C7H15O5P/c1-11-13(9,10)12-7-5-3-2-4-6-8/h6H,2-5,7H2,1H3,(H,9,10). The molecule has 0 aromatic carbocycles. The zero-order valence-corrected chi connectivity index (χ0v) is 8.53. The maximum absolute atomic E-state index is 10.7. The lowest BCUT2D eigenvalue weighted by molar-refractivity contribution is -0.107. The maximum Gasteiger partial charge on any atom is 0.471 e. The Hall–Kier alpha value is -0.220. The van der Waals surface area contributed by atoms with Crippen LogP contribution in [0.1, 0.15) is 25.7 Å². The molecule has 1 atom stereocenters. The highest BCUT2D eigenvalue weighted by Crippen LogP contribution is 2.41. The average molecular weight is 210 g/mol. The summed E-state index contributed by atoms with van der Waals surface area (Å²) in [6, 6.07) is 0. The lowest BCUT2D eigenvalue weighted by Gasteiger charge is -2.07. The Labute approximate surface area is 77.7 Å². The van der Waals surface area contributed by atoms with Gasteiger partial charge in [0.15, 0.2) is 0 Å². The molecule has 0 radical (unpaired) electrons. The monoisotopic (exact) mass is 210 g/mol. The maximum atomic E-state index is 10.7. The number of carbonyl (C=O) groups is 1. The van der Waals surface area contributed by atoms with Crippen LogP contribution in [0.3, 0.4) is 0 Å². The Morgan fingerprint density at radius 3 is 2.62 bits per heavy atom. The highest BCUT2D eigenvalue weighted by molar-refractivity contribution is 7.47. The van der Waals surface area contributed by atoms with Crippen LogP contribution in [0.5, 0.6) is 0 Å². The van der Waals surface area contributed by atoms with Gasteiger partial charge in [0.25, 0.3) is 0 Å². The number of phosphoric ester groups is 1. The van der Waals surface area contributed by atoms with Crippen LogP contribution < -0.4 is 0 Å². The summed E-state index contributed by atoms with van der Waals surface area (Å²) in [5.74, 6) is 0. The van der Waals surface area contributed by atoms with Gasteiger partial charge in [0, 0.05) is 13.5 Å². The van der Waals surface area contributed by atoms with E-state index in [1.807, 2.05) is 0 Å². The fourth-order valence-electron chi connectivity index (χ4n) is 0.739. The second kappa shape index (κ2) is 7.21. The second-order valence-corrected chi connectivity index (χ2v) is 4.06. The number of aldehydes is 1. The zero-order valence-electron chi connectivity index (χ0n) is 7.64. The van der Waals surface area contributed by atoms with Crippen molar-refractivity contribution < 1.29 is 23.3 Å². The predicted molar refractivity (Wildman–Crippen MR) is 47.3 cm³/mol. The van der Waals surface area contributed by atoms with Crippen molar-refractivity contribution in [2.75, 3.05) is 13.7 Å². The molecule has 0 saturated carbocycles. The van der Waals surface area contributed by atoms with E-state index in [2.05, 4.69) is 9.05 Å². The van der Waals surface area contributed by atoms with Gasteiger partial charge in [0.2, 0.25) is 0 Å². The van der Waals surface area contributed by atoms with Crippen molar-refractivity contribution in [3.63, 3.8) is 0 Å². The van der Waals surface area contributed by atoms with Crippen molar-refractivity contribution in [2.24, 2.45) is 0 Å². The Balaban J connectivity index is 3.25. The first-order chi connectivity index (χ1) is 6.12. The molecule has 0 fully saturated rings. The van der Waals surface area contributed by atoms with Gasteiger partial charge in [-0.15, -0.1) is 0 Å². The number of rotatable bonds is 8. The molecule has 0 aliphatic carbocycles. The normalized spacial score (nSPS) is 15.2. The average Bonchev–Trinajstić information content (AvgIpc) is 2.11. The van der Waals surface area contributed by atoms with Crippen LogP contribution in [0.2, 0.25) is 0 Å². The quantitative estimate of drug-likeness (QED) is 0.373. The summed E-state index contributed by atoms with van der Waals surface area (Å²) in [6.45, 7) is 0.181. The summed E-state index contributed by atoms with van der Waals surface area (Å²) >= 11 is 0. The molecule has 13 heavy (non-hydrogen) atoms. The minimum atomic E-state index is -3.80. The van der Waals surface area contributed by atoms with E-state index in [0.717, 1.165) is 26.2 Å². The number of carbonyl (C=O) groups excluding carboxylic acids is 1. The third-order valence-corrected chi connectivity index (χ3v) is 2.42. The van der Waals surface area contributed by atoms with Crippen LogP contribution in [-0.2, 0) is 18.4 Å². The van der Waals surface area contributed by atoms with Gasteiger partial charge in [-0.2, -0.15) is 0 Å². The Morgan fingerprint density at radius 2 is 2.08 bits per heavy atom. The van der Waals surface area contributed by atoms with E-state index < -0.39 is 7.82 Å². The van der Waals surface area contributed by atoms with Gasteiger partial charge in [-0.25, -0.2) is 4.57 Å². The Kier molecular flexibility index (Phi) is 7.09. The number of hydrogen-bond acceptors (Lipinski definition) is 4. The fourth-order valence-corrected chi connectivity index (χ4v) is 1.20. The summed E-state index contributed by atoms with van der Waals surface area (Å²) in [5, 5.41) is 0. The summed E-state index contributed by atoms with van der Waals surface area (Å²) in [5.41, 5.74) is 0. The molecule has 0 aromatic heterocycles. The molecule has 78 valence electrons. The molecule has 1 N–H and O–H groups in total. The molecule has 0 aliphatic rings. The van der Waals surface area contributed by atoms with Crippen LogP contribution in [0.25, 0.3) is 0 Å². The Bertz CT molecular complexity index is 182. The van der Waals surface area contributed by atoms with Crippen molar-refractivity contribution in [1.29, 1.82) is 0 Å². The molecule has 0 aromatic rings. The molecule has 0 saturated heterocycles. The molecule has 0 amide bonds. The minimum Gasteiger partial charge on any atom is -0.303 e. The van der Waals surface area contributed by atoms with Gasteiger partial charge in [-0.05, 0) is 12.8 Å². The van der Waals surface area contributed by atoms with Crippen molar-refractivity contribution in [1.82, 2.24) is 0 Å². The van der Waals surface area contributed by atoms with Crippen molar-refractivity contribution >= 4 is 14.1 Å². The highest BCUT2D eigenvalue weighted by Gasteiger charge is 2.16. The van der Waals surface area contributed by atoms with E-state index in [0.29, 0.717) is 12.8 Å². The first kappa shape index (κ1) is 12.8. The van der Waals surface area contributed by atoms with E-state index in [1.54, 1.807) is 0 Å². The molecule has 0 heterocycles. The second-order valence-electron chi connectivity index (χ2n) is 2.50. The van der Waals surface area contributed by atoms with Crippen molar-refractivity contribution in [2.45, 2.75) is 25.7 Å². The van der Waals surface area contributed by atoms with Crippen molar-refractivity contribution in [3.8, 4) is 0 Å². The molecule has 0 spiro atoms. The van der Waals surface area contributed by atoms with Crippen LogP contribution in [0.15, 0.2) is 0 Å². The van der Waals surface area contributed by atoms with Gasteiger partial charge in [0.05, 0.1) is 6.61 Å². The van der Waals surface area contributed by atoms with E-state index in [1.165, 1.54) is 0 Å². The molecule has 0 rings (SSSR count).